The third kappa shape index (κ3) is 5.48. The van der Waals surface area contributed by atoms with Crippen LogP contribution < -0.4 is 5.32 Å². The van der Waals surface area contributed by atoms with Gasteiger partial charge in [-0.1, -0.05) is 24.8 Å². The molecule has 0 radical (unpaired) electrons. The Morgan fingerprint density at radius 1 is 1.42 bits per heavy atom. The van der Waals surface area contributed by atoms with E-state index in [9.17, 15) is 9.59 Å². The van der Waals surface area contributed by atoms with Gasteiger partial charge in [0.25, 0.3) is 0 Å². The van der Waals surface area contributed by atoms with E-state index in [2.05, 4.69) is 11.9 Å². The van der Waals surface area contributed by atoms with Crippen LogP contribution in [0.4, 0.5) is 4.79 Å². The van der Waals surface area contributed by atoms with Gasteiger partial charge in [-0.05, 0) is 12.1 Å². The Balaban J connectivity index is 2.35. The van der Waals surface area contributed by atoms with Crippen LogP contribution >= 0.6 is 11.8 Å². The van der Waals surface area contributed by atoms with Gasteiger partial charge in [0.05, 0.1) is 5.56 Å². The number of thioether (sulfide) groups is 1. The van der Waals surface area contributed by atoms with Gasteiger partial charge in [0.15, 0.2) is 0 Å². The van der Waals surface area contributed by atoms with E-state index in [0.717, 1.165) is 0 Å². The Morgan fingerprint density at radius 2 is 2.16 bits per heavy atom. The largest absolute Gasteiger partial charge is 0.478 e. The van der Waals surface area contributed by atoms with Crippen molar-refractivity contribution in [1.82, 2.24) is 5.32 Å². The van der Waals surface area contributed by atoms with Gasteiger partial charge in [0, 0.05) is 17.2 Å². The first-order valence-corrected chi connectivity index (χ1v) is 6.60. The molecule has 1 amide bonds. The molecule has 102 valence electrons. The topological polar surface area (TPSA) is 75.6 Å². The fourth-order valence-electron chi connectivity index (χ4n) is 1.27. The molecule has 0 fully saturated rings. The number of nitrogens with one attached hydrogen (secondary N) is 1. The summed E-state index contributed by atoms with van der Waals surface area (Å²) in [6.07, 6.45) is 0.976. The van der Waals surface area contributed by atoms with Crippen LogP contribution in [-0.4, -0.2) is 36.1 Å². The monoisotopic (exact) mass is 281 g/mol. The lowest BCUT2D eigenvalue weighted by atomic mass is 10.2. The van der Waals surface area contributed by atoms with Crippen molar-refractivity contribution in [1.29, 1.82) is 0 Å². The molecule has 0 heterocycles. The molecule has 19 heavy (non-hydrogen) atoms. The van der Waals surface area contributed by atoms with E-state index in [0.29, 0.717) is 17.2 Å². The molecule has 1 aromatic rings. The van der Waals surface area contributed by atoms with Crippen molar-refractivity contribution in [2.45, 2.75) is 4.90 Å². The number of amides is 1. The maximum atomic E-state index is 11.1. The van der Waals surface area contributed by atoms with Crippen molar-refractivity contribution in [3.63, 3.8) is 0 Å². The van der Waals surface area contributed by atoms with Crippen LogP contribution in [0.5, 0.6) is 0 Å². The zero-order valence-corrected chi connectivity index (χ0v) is 11.1. The zero-order chi connectivity index (χ0) is 14.1. The smallest absolute Gasteiger partial charge is 0.407 e. The van der Waals surface area contributed by atoms with Crippen molar-refractivity contribution >= 4 is 23.8 Å². The van der Waals surface area contributed by atoms with Crippen LogP contribution in [0.25, 0.3) is 0 Å². The number of ether oxygens (including phenoxy) is 1. The zero-order valence-electron chi connectivity index (χ0n) is 10.3. The first-order valence-electron chi connectivity index (χ1n) is 5.61. The van der Waals surface area contributed by atoms with Crippen LogP contribution in [0.2, 0.25) is 0 Å². The van der Waals surface area contributed by atoms with Gasteiger partial charge in [-0.3, -0.25) is 0 Å². The van der Waals surface area contributed by atoms with Crippen molar-refractivity contribution in [2.24, 2.45) is 0 Å². The summed E-state index contributed by atoms with van der Waals surface area (Å²) >= 11 is 1.37. The fourth-order valence-corrected chi connectivity index (χ4v) is 2.18. The van der Waals surface area contributed by atoms with Gasteiger partial charge < -0.3 is 15.2 Å². The summed E-state index contributed by atoms with van der Waals surface area (Å²) in [6, 6.07) is 6.75. The highest BCUT2D eigenvalue weighted by molar-refractivity contribution is 7.99. The SMILES string of the molecule is C=CCOC(=O)NCCSc1ccccc1C(=O)O. The van der Waals surface area contributed by atoms with E-state index in [1.54, 1.807) is 24.3 Å². The molecule has 0 saturated carbocycles. The summed E-state index contributed by atoms with van der Waals surface area (Å²) in [5.74, 6) is -0.394. The number of benzene rings is 1. The molecule has 6 heteroatoms. The van der Waals surface area contributed by atoms with Crippen molar-refractivity contribution < 1.29 is 19.4 Å². The van der Waals surface area contributed by atoms with Crippen molar-refractivity contribution in [2.75, 3.05) is 18.9 Å². The predicted octanol–water partition coefficient (Wildman–Crippen LogP) is 2.39. The molecular weight excluding hydrogens is 266 g/mol. The molecule has 5 nitrogen and oxygen atoms in total. The third-order valence-corrected chi connectivity index (χ3v) is 3.15. The second-order valence-electron chi connectivity index (χ2n) is 3.46. The molecule has 1 aromatic carbocycles. The number of rotatable bonds is 7. The van der Waals surface area contributed by atoms with E-state index < -0.39 is 12.1 Å². The number of carboxylic acid groups (broad SMARTS) is 1. The summed E-state index contributed by atoms with van der Waals surface area (Å²) in [4.78, 5) is 22.7. The van der Waals surface area contributed by atoms with Gasteiger partial charge in [-0.2, -0.15) is 0 Å². The van der Waals surface area contributed by atoms with E-state index >= 15 is 0 Å². The van der Waals surface area contributed by atoms with Crippen LogP contribution in [0.15, 0.2) is 41.8 Å². The van der Waals surface area contributed by atoms with Gasteiger partial charge in [0.1, 0.15) is 6.61 Å². The Hall–Kier alpha value is -1.95. The van der Waals surface area contributed by atoms with Crippen LogP contribution in [-0.2, 0) is 4.74 Å². The molecule has 0 saturated heterocycles. The lowest BCUT2D eigenvalue weighted by Gasteiger charge is -2.07. The Bertz CT molecular complexity index is 462. The normalized spacial score (nSPS) is 9.68. The fraction of sp³-hybridized carbons (Fsp3) is 0.231. The number of carbonyl (C=O) groups excluding carboxylic acids is 1. The highest BCUT2D eigenvalue weighted by Gasteiger charge is 2.09. The Morgan fingerprint density at radius 3 is 2.84 bits per heavy atom. The number of carbonyl (C=O) groups is 2. The molecule has 0 aliphatic rings. The lowest BCUT2D eigenvalue weighted by molar-refractivity contribution is 0.0693. The molecule has 1 rings (SSSR count). The molecule has 0 unspecified atom stereocenters. The lowest BCUT2D eigenvalue weighted by Crippen LogP contribution is -2.26. The van der Waals surface area contributed by atoms with E-state index in [1.165, 1.54) is 17.8 Å². The van der Waals surface area contributed by atoms with Crippen molar-refractivity contribution in [3.05, 3.63) is 42.5 Å². The molecule has 0 aromatic heterocycles. The van der Waals surface area contributed by atoms with Gasteiger partial charge in [-0.25, -0.2) is 9.59 Å². The van der Waals surface area contributed by atoms with Gasteiger partial charge in [-0.15, -0.1) is 11.8 Å². The third-order valence-electron chi connectivity index (χ3n) is 2.08. The number of aromatic carboxylic acids is 1. The van der Waals surface area contributed by atoms with E-state index in [1.807, 2.05) is 0 Å². The molecular formula is C13H15NO4S. The minimum Gasteiger partial charge on any atom is -0.478 e. The Labute approximate surface area is 115 Å². The average Bonchev–Trinajstić information content (AvgIpc) is 2.41. The number of hydrogen-bond acceptors (Lipinski definition) is 4. The summed E-state index contributed by atoms with van der Waals surface area (Å²) < 4.78 is 4.73. The highest BCUT2D eigenvalue weighted by Crippen LogP contribution is 2.21. The first-order chi connectivity index (χ1) is 9.15. The van der Waals surface area contributed by atoms with E-state index in [-0.39, 0.29) is 12.2 Å². The van der Waals surface area contributed by atoms with Crippen LogP contribution in [0.3, 0.4) is 0 Å². The second kappa shape index (κ2) is 8.20. The quantitative estimate of drug-likeness (QED) is 0.456. The van der Waals surface area contributed by atoms with E-state index in [4.69, 9.17) is 9.84 Å². The van der Waals surface area contributed by atoms with Crippen molar-refractivity contribution in [3.8, 4) is 0 Å². The average molecular weight is 281 g/mol. The van der Waals surface area contributed by atoms with Gasteiger partial charge in [0.2, 0.25) is 0 Å². The second-order valence-corrected chi connectivity index (χ2v) is 4.60. The van der Waals surface area contributed by atoms with Crippen LogP contribution in [0, 0.1) is 0 Å². The summed E-state index contributed by atoms with van der Waals surface area (Å²) in [6.45, 7) is 4.00. The minimum atomic E-state index is -0.957. The van der Waals surface area contributed by atoms with Crippen LogP contribution in [0.1, 0.15) is 10.4 Å². The maximum Gasteiger partial charge on any atom is 0.407 e. The predicted molar refractivity (Wildman–Crippen MR) is 73.7 cm³/mol. The number of carboxylic acids is 1. The highest BCUT2D eigenvalue weighted by atomic mass is 32.2. The number of alkyl carbamates (subject to hydrolysis) is 1. The maximum absolute atomic E-state index is 11.1. The molecule has 0 bridgehead atoms. The minimum absolute atomic E-state index is 0.167. The number of hydrogen-bond donors (Lipinski definition) is 2. The molecule has 0 atom stereocenters. The summed E-state index contributed by atoms with van der Waals surface area (Å²) in [5, 5.41) is 11.6. The molecule has 2 N–H and O–H groups in total. The molecule has 0 spiro atoms. The standard InChI is InChI=1S/C13H15NO4S/c1-2-8-18-13(17)14-7-9-19-11-6-4-3-5-10(11)12(15)16/h2-6H,1,7-9H2,(H,14,17)(H,15,16). The first kappa shape index (κ1) is 15.1. The van der Waals surface area contributed by atoms with Gasteiger partial charge >= 0.3 is 12.1 Å². The molecule has 0 aliphatic carbocycles. The Kier molecular flexibility index (Phi) is 6.52. The summed E-state index contributed by atoms with van der Waals surface area (Å²) in [7, 11) is 0. The molecule has 0 aliphatic heterocycles. The summed E-state index contributed by atoms with van der Waals surface area (Å²) in [5.41, 5.74) is 0.265.